The Hall–Kier alpha value is -0.240. The Morgan fingerprint density at radius 2 is 1.82 bits per heavy atom. The van der Waals surface area contributed by atoms with Crippen LogP contribution in [0.1, 0.15) is 71.1 Å². The Labute approximate surface area is 110 Å². The van der Waals surface area contributed by atoms with E-state index in [9.17, 15) is 4.79 Å². The zero-order valence-electron chi connectivity index (χ0n) is 10.9. The SMILES string of the molecule is CCCCCCCC1CCC(Cl)(C(=O)O)CC1. The summed E-state index contributed by atoms with van der Waals surface area (Å²) in [6.45, 7) is 2.23. The number of carbonyl (C=O) groups is 1. The largest absolute Gasteiger partial charge is 0.480 e. The van der Waals surface area contributed by atoms with Crippen LogP contribution in [0.5, 0.6) is 0 Å². The molecule has 0 aliphatic heterocycles. The highest BCUT2D eigenvalue weighted by Crippen LogP contribution is 2.39. The lowest BCUT2D eigenvalue weighted by Gasteiger charge is -2.32. The molecule has 0 unspecified atom stereocenters. The number of alkyl halides is 1. The highest BCUT2D eigenvalue weighted by atomic mass is 35.5. The third kappa shape index (κ3) is 4.87. The number of carboxylic acids is 1. The molecule has 0 heterocycles. The van der Waals surface area contributed by atoms with Gasteiger partial charge in [0.05, 0.1) is 0 Å². The van der Waals surface area contributed by atoms with Gasteiger partial charge in [0.1, 0.15) is 4.87 Å². The van der Waals surface area contributed by atoms with Gasteiger partial charge in [-0.1, -0.05) is 45.4 Å². The fraction of sp³-hybridized carbons (Fsp3) is 0.929. The molecule has 0 aromatic rings. The predicted molar refractivity (Wildman–Crippen MR) is 71.6 cm³/mol. The summed E-state index contributed by atoms with van der Waals surface area (Å²) in [4.78, 5) is 10.0. The van der Waals surface area contributed by atoms with Crippen LogP contribution in [-0.4, -0.2) is 16.0 Å². The van der Waals surface area contributed by atoms with Crippen LogP contribution >= 0.6 is 11.6 Å². The Bertz CT molecular complexity index is 232. The minimum Gasteiger partial charge on any atom is -0.480 e. The zero-order chi connectivity index (χ0) is 12.7. The zero-order valence-corrected chi connectivity index (χ0v) is 11.6. The van der Waals surface area contributed by atoms with Crippen molar-refractivity contribution in [1.82, 2.24) is 0 Å². The third-order valence-electron chi connectivity index (χ3n) is 4.00. The van der Waals surface area contributed by atoms with E-state index in [1.807, 2.05) is 0 Å². The lowest BCUT2D eigenvalue weighted by molar-refractivity contribution is -0.141. The first-order valence-corrected chi connectivity index (χ1v) is 7.38. The summed E-state index contributed by atoms with van der Waals surface area (Å²) in [7, 11) is 0. The summed E-state index contributed by atoms with van der Waals surface area (Å²) in [6.07, 6.45) is 11.1. The van der Waals surface area contributed by atoms with Crippen molar-refractivity contribution in [1.29, 1.82) is 0 Å². The first kappa shape index (κ1) is 14.8. The molecule has 0 bridgehead atoms. The molecule has 1 rings (SSSR count). The monoisotopic (exact) mass is 260 g/mol. The van der Waals surface area contributed by atoms with Gasteiger partial charge in [0.15, 0.2) is 0 Å². The Balaban J connectivity index is 2.13. The van der Waals surface area contributed by atoms with Gasteiger partial charge in [-0.05, 0) is 31.6 Å². The quantitative estimate of drug-likeness (QED) is 0.537. The van der Waals surface area contributed by atoms with Gasteiger partial charge in [0, 0.05) is 0 Å². The molecular weight excluding hydrogens is 236 g/mol. The van der Waals surface area contributed by atoms with Crippen molar-refractivity contribution in [3.8, 4) is 0 Å². The normalized spacial score (nSPS) is 29.2. The molecule has 17 heavy (non-hydrogen) atoms. The fourth-order valence-electron chi connectivity index (χ4n) is 2.67. The van der Waals surface area contributed by atoms with Gasteiger partial charge in [0.2, 0.25) is 0 Å². The lowest BCUT2D eigenvalue weighted by atomic mass is 9.79. The first-order chi connectivity index (χ1) is 8.08. The molecule has 1 N–H and O–H groups in total. The van der Waals surface area contributed by atoms with Gasteiger partial charge in [-0.3, -0.25) is 4.79 Å². The number of carboxylic acid groups (broad SMARTS) is 1. The van der Waals surface area contributed by atoms with Crippen molar-refractivity contribution in [3.63, 3.8) is 0 Å². The van der Waals surface area contributed by atoms with E-state index in [2.05, 4.69) is 6.92 Å². The van der Waals surface area contributed by atoms with Crippen molar-refractivity contribution in [2.24, 2.45) is 5.92 Å². The summed E-state index contributed by atoms with van der Waals surface area (Å²) in [5.41, 5.74) is 0. The Kier molecular flexibility index (Phi) is 6.32. The summed E-state index contributed by atoms with van der Waals surface area (Å²) in [5, 5.41) is 9.02. The number of aliphatic carboxylic acids is 1. The van der Waals surface area contributed by atoms with Crippen LogP contribution in [0.2, 0.25) is 0 Å². The van der Waals surface area contributed by atoms with E-state index >= 15 is 0 Å². The molecule has 1 aliphatic rings. The van der Waals surface area contributed by atoms with Gasteiger partial charge in [-0.2, -0.15) is 0 Å². The molecule has 0 saturated heterocycles. The van der Waals surface area contributed by atoms with E-state index in [1.54, 1.807) is 0 Å². The van der Waals surface area contributed by atoms with Crippen molar-refractivity contribution < 1.29 is 9.90 Å². The van der Waals surface area contributed by atoms with E-state index < -0.39 is 10.8 Å². The number of unbranched alkanes of at least 4 members (excludes halogenated alkanes) is 4. The summed E-state index contributed by atoms with van der Waals surface area (Å²) >= 11 is 6.08. The maximum atomic E-state index is 11.0. The average Bonchev–Trinajstić information content (AvgIpc) is 2.31. The molecule has 2 nitrogen and oxygen atoms in total. The van der Waals surface area contributed by atoms with Crippen LogP contribution in [0.3, 0.4) is 0 Å². The molecule has 0 amide bonds. The molecule has 3 heteroatoms. The lowest BCUT2D eigenvalue weighted by Crippen LogP contribution is -2.36. The standard InChI is InChI=1S/C14H25ClO2/c1-2-3-4-5-6-7-12-8-10-14(15,11-9-12)13(16)17/h12H,2-11H2,1H3,(H,16,17). The van der Waals surface area contributed by atoms with Crippen LogP contribution in [-0.2, 0) is 4.79 Å². The molecule has 0 radical (unpaired) electrons. The van der Waals surface area contributed by atoms with Crippen LogP contribution in [0, 0.1) is 5.92 Å². The van der Waals surface area contributed by atoms with E-state index in [-0.39, 0.29) is 0 Å². The summed E-state index contributed by atoms with van der Waals surface area (Å²) in [5.74, 6) is -0.122. The predicted octanol–water partition coefficient (Wildman–Crippen LogP) is 4.60. The summed E-state index contributed by atoms with van der Waals surface area (Å²) in [6, 6.07) is 0. The minimum atomic E-state index is -0.960. The third-order valence-corrected chi connectivity index (χ3v) is 4.54. The van der Waals surface area contributed by atoms with E-state index in [0.29, 0.717) is 18.8 Å². The van der Waals surface area contributed by atoms with Crippen molar-refractivity contribution in [3.05, 3.63) is 0 Å². The molecule has 1 fully saturated rings. The van der Waals surface area contributed by atoms with Crippen LogP contribution in [0.25, 0.3) is 0 Å². The highest BCUT2D eigenvalue weighted by Gasteiger charge is 2.39. The van der Waals surface area contributed by atoms with Gasteiger partial charge in [-0.15, -0.1) is 11.6 Å². The first-order valence-electron chi connectivity index (χ1n) is 7.01. The van der Waals surface area contributed by atoms with Crippen LogP contribution in [0.15, 0.2) is 0 Å². The van der Waals surface area contributed by atoms with E-state index in [4.69, 9.17) is 16.7 Å². The Morgan fingerprint density at radius 3 is 2.35 bits per heavy atom. The Morgan fingerprint density at radius 1 is 1.24 bits per heavy atom. The second-order valence-corrected chi connectivity index (χ2v) is 6.14. The average molecular weight is 261 g/mol. The molecule has 0 spiro atoms. The molecule has 0 atom stereocenters. The van der Waals surface area contributed by atoms with E-state index in [0.717, 1.165) is 12.8 Å². The second-order valence-electron chi connectivity index (χ2n) is 5.42. The molecule has 100 valence electrons. The molecule has 0 aromatic carbocycles. The summed E-state index contributed by atoms with van der Waals surface area (Å²) < 4.78 is 0. The number of halogens is 1. The van der Waals surface area contributed by atoms with Gasteiger partial charge in [-0.25, -0.2) is 0 Å². The van der Waals surface area contributed by atoms with Gasteiger partial charge >= 0.3 is 5.97 Å². The highest BCUT2D eigenvalue weighted by molar-refractivity contribution is 6.33. The van der Waals surface area contributed by atoms with Crippen molar-refractivity contribution in [2.45, 2.75) is 76.0 Å². The van der Waals surface area contributed by atoms with Crippen LogP contribution in [0.4, 0.5) is 0 Å². The smallest absolute Gasteiger partial charge is 0.324 e. The second kappa shape index (κ2) is 7.25. The minimum absolute atomic E-state index is 0.642. The molecule has 1 aliphatic carbocycles. The molecular formula is C14H25ClO2. The van der Waals surface area contributed by atoms with Gasteiger partial charge < -0.3 is 5.11 Å². The van der Waals surface area contributed by atoms with Crippen molar-refractivity contribution in [2.75, 3.05) is 0 Å². The maximum Gasteiger partial charge on any atom is 0.324 e. The van der Waals surface area contributed by atoms with Gasteiger partial charge in [0.25, 0.3) is 0 Å². The maximum absolute atomic E-state index is 11.0. The van der Waals surface area contributed by atoms with E-state index in [1.165, 1.54) is 38.5 Å². The number of hydrogen-bond donors (Lipinski definition) is 1. The molecule has 1 saturated carbocycles. The van der Waals surface area contributed by atoms with Crippen molar-refractivity contribution >= 4 is 17.6 Å². The van der Waals surface area contributed by atoms with Crippen LogP contribution < -0.4 is 0 Å². The number of hydrogen-bond acceptors (Lipinski definition) is 1. The number of rotatable bonds is 7. The topological polar surface area (TPSA) is 37.3 Å². The fourth-order valence-corrected chi connectivity index (χ4v) is 2.89. The molecule has 0 aromatic heterocycles.